The van der Waals surface area contributed by atoms with Crippen LogP contribution in [0.1, 0.15) is 174 Å². The molecular weight excluding hydrogens is 394 g/mol. The number of rotatable bonds is 25. The van der Waals surface area contributed by atoms with E-state index < -0.39 is 5.97 Å². The predicted molar refractivity (Wildman–Crippen MR) is 143 cm³/mol. The molecule has 194 valence electrons. The first-order valence-corrected chi connectivity index (χ1v) is 14.6. The monoisotopic (exact) mass is 455 g/mol. The molecule has 0 amide bonds. The summed E-state index contributed by atoms with van der Waals surface area (Å²) in [5.74, 6) is -0.653. The van der Waals surface area contributed by atoms with Crippen LogP contribution in [0, 0.1) is 0 Å². The fraction of sp³-hybridized carbons (Fsp3) is 0.966. The van der Waals surface area contributed by atoms with E-state index in [9.17, 15) is 4.79 Å². The van der Waals surface area contributed by atoms with E-state index in [-0.39, 0.29) is 0 Å². The fourth-order valence-corrected chi connectivity index (χ4v) is 4.10. The molecule has 0 aliphatic heterocycles. The molecule has 0 bridgehead atoms. The maximum atomic E-state index is 10.3. The van der Waals surface area contributed by atoms with Crippen LogP contribution in [0.3, 0.4) is 0 Å². The molecule has 0 aromatic rings. The molecule has 0 atom stereocenters. The van der Waals surface area contributed by atoms with Gasteiger partial charge in [-0.3, -0.25) is 4.79 Å². The molecule has 0 rings (SSSR count). The van der Waals surface area contributed by atoms with Crippen molar-refractivity contribution in [2.75, 3.05) is 6.54 Å². The lowest BCUT2D eigenvalue weighted by molar-refractivity contribution is -0.137. The molecule has 0 radical (unpaired) electrons. The van der Waals surface area contributed by atoms with Crippen LogP contribution in [-0.2, 0) is 4.79 Å². The van der Waals surface area contributed by atoms with Gasteiger partial charge in [-0.15, -0.1) is 0 Å². The van der Waals surface area contributed by atoms with Crippen LogP contribution in [0.15, 0.2) is 0 Å². The van der Waals surface area contributed by atoms with E-state index in [1.54, 1.807) is 0 Å². The van der Waals surface area contributed by atoms with Crippen molar-refractivity contribution in [3.63, 3.8) is 0 Å². The summed E-state index contributed by atoms with van der Waals surface area (Å²) in [5, 5.41) is 8.52. The molecular formula is C29H61NO2. The van der Waals surface area contributed by atoms with Crippen molar-refractivity contribution in [2.45, 2.75) is 174 Å². The van der Waals surface area contributed by atoms with E-state index in [0.717, 1.165) is 19.4 Å². The van der Waals surface area contributed by atoms with Crippen LogP contribution in [0.4, 0.5) is 0 Å². The Hall–Kier alpha value is -0.570. The lowest BCUT2D eigenvalue weighted by Crippen LogP contribution is -1.97. The van der Waals surface area contributed by atoms with E-state index in [2.05, 4.69) is 13.8 Å². The maximum absolute atomic E-state index is 10.3. The van der Waals surface area contributed by atoms with Gasteiger partial charge in [-0.1, -0.05) is 155 Å². The number of carboxylic acid groups (broad SMARTS) is 1. The summed E-state index contributed by atoms with van der Waals surface area (Å²) < 4.78 is 0. The van der Waals surface area contributed by atoms with Crippen molar-refractivity contribution in [1.82, 2.24) is 0 Å². The number of unbranched alkanes of at least 4 members (excludes halogenated alkanes) is 22. The Labute approximate surface area is 202 Å². The third-order valence-corrected chi connectivity index (χ3v) is 6.30. The highest BCUT2D eigenvalue weighted by molar-refractivity contribution is 5.66. The number of aliphatic carboxylic acids is 1. The number of nitrogens with two attached hydrogens (primary N) is 1. The third-order valence-electron chi connectivity index (χ3n) is 6.30. The van der Waals surface area contributed by atoms with E-state index in [1.165, 1.54) is 141 Å². The molecule has 0 aliphatic carbocycles. The zero-order chi connectivity index (χ0) is 24.0. The van der Waals surface area contributed by atoms with Crippen molar-refractivity contribution in [1.29, 1.82) is 0 Å². The van der Waals surface area contributed by atoms with Gasteiger partial charge in [0.25, 0.3) is 0 Å². The molecule has 0 aliphatic rings. The average Bonchev–Trinajstić information content (AvgIpc) is 2.78. The minimum Gasteiger partial charge on any atom is -0.481 e. The highest BCUT2D eigenvalue weighted by Crippen LogP contribution is 2.13. The Morgan fingerprint density at radius 3 is 0.969 bits per heavy atom. The van der Waals surface area contributed by atoms with E-state index >= 15 is 0 Å². The minimum absolute atomic E-state index is 0.345. The fourth-order valence-electron chi connectivity index (χ4n) is 4.10. The Kier molecular flexibility index (Phi) is 34.2. The van der Waals surface area contributed by atoms with Crippen LogP contribution in [0.25, 0.3) is 0 Å². The molecule has 0 aromatic carbocycles. The highest BCUT2D eigenvalue weighted by Gasteiger charge is 1.97. The van der Waals surface area contributed by atoms with Gasteiger partial charge in [0.1, 0.15) is 0 Å². The summed E-state index contributed by atoms with van der Waals surface area (Å²) in [4.78, 5) is 10.3. The molecule has 3 heteroatoms. The smallest absolute Gasteiger partial charge is 0.303 e. The molecule has 3 nitrogen and oxygen atoms in total. The van der Waals surface area contributed by atoms with E-state index in [1.807, 2.05) is 0 Å². The van der Waals surface area contributed by atoms with Crippen LogP contribution < -0.4 is 5.73 Å². The third kappa shape index (κ3) is 36.8. The lowest BCUT2D eigenvalue weighted by Gasteiger charge is -2.03. The zero-order valence-electron chi connectivity index (χ0n) is 22.3. The Balaban J connectivity index is 0. The molecule has 0 saturated carbocycles. The quantitative estimate of drug-likeness (QED) is 0.135. The van der Waals surface area contributed by atoms with Gasteiger partial charge in [0.2, 0.25) is 0 Å². The molecule has 32 heavy (non-hydrogen) atoms. The average molecular weight is 456 g/mol. The standard InChI is InChI=1S/C18H36O2.C11H25N/c1-2-3-4-5-6-7-8-9-10-11-12-13-14-15-16-17-18(19)20;1-2-3-4-5-6-7-8-9-10-11-12/h2-17H2,1H3,(H,19,20);2-12H2,1H3. The maximum Gasteiger partial charge on any atom is 0.303 e. The molecule has 0 fully saturated rings. The van der Waals surface area contributed by atoms with Gasteiger partial charge >= 0.3 is 5.97 Å². The highest BCUT2D eigenvalue weighted by atomic mass is 16.4. The number of hydrogen-bond acceptors (Lipinski definition) is 2. The van der Waals surface area contributed by atoms with Crippen molar-refractivity contribution in [3.05, 3.63) is 0 Å². The number of hydrogen-bond donors (Lipinski definition) is 2. The van der Waals surface area contributed by atoms with Gasteiger partial charge in [-0.2, -0.15) is 0 Å². The van der Waals surface area contributed by atoms with Gasteiger partial charge < -0.3 is 10.8 Å². The second-order valence-corrected chi connectivity index (χ2v) is 9.71. The summed E-state index contributed by atoms with van der Waals surface area (Å²) in [6.45, 7) is 5.41. The summed E-state index contributed by atoms with van der Waals surface area (Å²) in [6.07, 6.45) is 32.7. The van der Waals surface area contributed by atoms with Gasteiger partial charge in [0.15, 0.2) is 0 Å². The molecule has 3 N–H and O–H groups in total. The number of carboxylic acids is 1. The lowest BCUT2D eigenvalue weighted by atomic mass is 10.0. The number of carbonyl (C=O) groups is 1. The first kappa shape index (κ1) is 33.6. The van der Waals surface area contributed by atoms with Crippen molar-refractivity contribution < 1.29 is 9.90 Å². The van der Waals surface area contributed by atoms with Crippen LogP contribution >= 0.6 is 0 Å². The van der Waals surface area contributed by atoms with Gasteiger partial charge in [-0.05, 0) is 19.4 Å². The largest absolute Gasteiger partial charge is 0.481 e. The van der Waals surface area contributed by atoms with Gasteiger partial charge in [0, 0.05) is 6.42 Å². The van der Waals surface area contributed by atoms with Gasteiger partial charge in [0.05, 0.1) is 0 Å². The summed E-state index contributed by atoms with van der Waals surface area (Å²) in [7, 11) is 0. The first-order chi connectivity index (χ1) is 15.7. The van der Waals surface area contributed by atoms with E-state index in [4.69, 9.17) is 10.8 Å². The second kappa shape index (κ2) is 32.6. The second-order valence-electron chi connectivity index (χ2n) is 9.71. The predicted octanol–water partition coefficient (Wildman–Crippen LogP) is 9.81. The minimum atomic E-state index is -0.653. The first-order valence-electron chi connectivity index (χ1n) is 14.6. The zero-order valence-corrected chi connectivity index (χ0v) is 22.3. The Bertz CT molecular complexity index is 323. The van der Waals surface area contributed by atoms with Crippen LogP contribution in [-0.4, -0.2) is 17.6 Å². The normalized spacial score (nSPS) is 10.7. The van der Waals surface area contributed by atoms with Gasteiger partial charge in [-0.25, -0.2) is 0 Å². The van der Waals surface area contributed by atoms with Crippen LogP contribution in [0.2, 0.25) is 0 Å². The van der Waals surface area contributed by atoms with Crippen molar-refractivity contribution >= 4 is 5.97 Å². The SMILES string of the molecule is CCCCCCCCCCCCCCCCCC(=O)O.CCCCCCCCCCCN. The molecule has 0 spiro atoms. The van der Waals surface area contributed by atoms with Crippen molar-refractivity contribution in [3.8, 4) is 0 Å². The Morgan fingerprint density at radius 2 is 0.719 bits per heavy atom. The van der Waals surface area contributed by atoms with Crippen molar-refractivity contribution in [2.24, 2.45) is 5.73 Å². The summed E-state index contributed by atoms with van der Waals surface area (Å²) in [5.41, 5.74) is 5.41. The molecule has 0 aromatic heterocycles. The topological polar surface area (TPSA) is 63.3 Å². The summed E-state index contributed by atoms with van der Waals surface area (Å²) in [6, 6.07) is 0. The summed E-state index contributed by atoms with van der Waals surface area (Å²) >= 11 is 0. The Morgan fingerprint density at radius 1 is 0.469 bits per heavy atom. The molecule has 0 heterocycles. The molecule has 0 saturated heterocycles. The molecule has 0 unspecified atom stereocenters. The van der Waals surface area contributed by atoms with Crippen LogP contribution in [0.5, 0.6) is 0 Å². The van der Waals surface area contributed by atoms with E-state index in [0.29, 0.717) is 6.42 Å².